The minimum Gasteiger partial charge on any atom is -0.321 e. The molecular weight excluding hydrogens is 244 g/mol. The van der Waals surface area contributed by atoms with Crippen LogP contribution >= 0.6 is 0 Å². The van der Waals surface area contributed by atoms with E-state index in [1.54, 1.807) is 0 Å². The smallest absolute Gasteiger partial charge is 0.126 e. The van der Waals surface area contributed by atoms with Gasteiger partial charge in [0.25, 0.3) is 0 Å². The van der Waals surface area contributed by atoms with Crippen LogP contribution in [0.4, 0.5) is 8.78 Å². The van der Waals surface area contributed by atoms with Crippen LogP contribution in [0.3, 0.4) is 0 Å². The second kappa shape index (κ2) is 5.10. The number of benzene rings is 2. The highest BCUT2D eigenvalue weighted by molar-refractivity contribution is 5.30. The summed E-state index contributed by atoms with van der Waals surface area (Å²) < 4.78 is 26.4. The third-order valence-electron chi connectivity index (χ3n) is 3.20. The Morgan fingerprint density at radius 2 is 1.53 bits per heavy atom. The lowest BCUT2D eigenvalue weighted by molar-refractivity contribution is 0.486. The van der Waals surface area contributed by atoms with E-state index in [-0.39, 0.29) is 0 Å². The first-order chi connectivity index (χ1) is 8.87. The van der Waals surface area contributed by atoms with E-state index in [2.05, 4.69) is 0 Å². The van der Waals surface area contributed by atoms with Crippen LogP contribution < -0.4 is 5.73 Å². The molecule has 1 unspecified atom stereocenters. The Bertz CT molecular complexity index is 554. The SMILES string of the molecule is Cc1ccc(C(C)(N)Cc2cc(F)cc(F)c2)cc1. The van der Waals surface area contributed by atoms with Gasteiger partial charge in [0, 0.05) is 11.6 Å². The first-order valence-electron chi connectivity index (χ1n) is 6.18. The summed E-state index contributed by atoms with van der Waals surface area (Å²) in [6.45, 7) is 3.86. The molecule has 2 aromatic rings. The summed E-state index contributed by atoms with van der Waals surface area (Å²) >= 11 is 0. The van der Waals surface area contributed by atoms with Gasteiger partial charge in [0.05, 0.1) is 0 Å². The predicted octanol–water partition coefficient (Wildman–Crippen LogP) is 3.69. The number of nitrogens with two attached hydrogens (primary N) is 1. The summed E-state index contributed by atoms with van der Waals surface area (Å²) in [6, 6.07) is 11.4. The lowest BCUT2D eigenvalue weighted by atomic mass is 9.86. The van der Waals surface area contributed by atoms with Gasteiger partial charge in [0.2, 0.25) is 0 Å². The van der Waals surface area contributed by atoms with Crippen molar-refractivity contribution in [2.45, 2.75) is 25.8 Å². The number of hydrogen-bond donors (Lipinski definition) is 1. The fraction of sp³-hybridized carbons (Fsp3) is 0.250. The minimum atomic E-state index is -0.659. The average molecular weight is 261 g/mol. The molecule has 0 amide bonds. The van der Waals surface area contributed by atoms with Gasteiger partial charge < -0.3 is 5.73 Å². The molecule has 0 saturated heterocycles. The predicted molar refractivity (Wildman–Crippen MR) is 72.8 cm³/mol. The monoisotopic (exact) mass is 261 g/mol. The molecule has 1 atom stereocenters. The third-order valence-corrected chi connectivity index (χ3v) is 3.20. The number of rotatable bonds is 3. The molecule has 0 aliphatic carbocycles. The van der Waals surface area contributed by atoms with E-state index in [0.717, 1.165) is 17.2 Å². The Kier molecular flexibility index (Phi) is 3.67. The van der Waals surface area contributed by atoms with Crippen molar-refractivity contribution in [3.63, 3.8) is 0 Å². The van der Waals surface area contributed by atoms with Crippen molar-refractivity contribution in [2.75, 3.05) is 0 Å². The van der Waals surface area contributed by atoms with Gasteiger partial charge in [-0.25, -0.2) is 8.78 Å². The van der Waals surface area contributed by atoms with Crippen LogP contribution in [0.15, 0.2) is 42.5 Å². The maximum absolute atomic E-state index is 13.2. The average Bonchev–Trinajstić information content (AvgIpc) is 2.27. The van der Waals surface area contributed by atoms with Crippen molar-refractivity contribution in [3.8, 4) is 0 Å². The zero-order valence-electron chi connectivity index (χ0n) is 11.1. The molecule has 0 radical (unpaired) electrons. The van der Waals surface area contributed by atoms with Gasteiger partial charge in [-0.3, -0.25) is 0 Å². The molecule has 0 aromatic heterocycles. The first kappa shape index (κ1) is 13.7. The highest BCUT2D eigenvalue weighted by Crippen LogP contribution is 2.24. The Morgan fingerprint density at radius 3 is 2.05 bits per heavy atom. The molecular formula is C16H17F2N. The standard InChI is InChI=1S/C16H17F2N/c1-11-3-5-13(6-4-11)16(2,19)10-12-7-14(17)9-15(18)8-12/h3-9H,10,19H2,1-2H3. The topological polar surface area (TPSA) is 26.0 Å². The maximum atomic E-state index is 13.2. The zero-order valence-corrected chi connectivity index (χ0v) is 11.1. The van der Waals surface area contributed by atoms with Crippen molar-refractivity contribution in [1.82, 2.24) is 0 Å². The summed E-state index contributed by atoms with van der Waals surface area (Å²) in [5.41, 5.74) is 8.27. The van der Waals surface area contributed by atoms with E-state index >= 15 is 0 Å². The van der Waals surface area contributed by atoms with Gasteiger partial charge in [0.15, 0.2) is 0 Å². The van der Waals surface area contributed by atoms with Crippen molar-refractivity contribution in [2.24, 2.45) is 5.73 Å². The second-order valence-electron chi connectivity index (χ2n) is 5.24. The van der Waals surface area contributed by atoms with E-state index in [1.165, 1.54) is 12.1 Å². The Labute approximate surface area is 112 Å². The van der Waals surface area contributed by atoms with Crippen molar-refractivity contribution < 1.29 is 8.78 Å². The molecule has 2 rings (SSSR count). The van der Waals surface area contributed by atoms with Crippen molar-refractivity contribution >= 4 is 0 Å². The molecule has 19 heavy (non-hydrogen) atoms. The second-order valence-corrected chi connectivity index (χ2v) is 5.24. The van der Waals surface area contributed by atoms with Crippen LogP contribution in [0.1, 0.15) is 23.6 Å². The van der Waals surface area contributed by atoms with Crippen LogP contribution in [0, 0.1) is 18.6 Å². The molecule has 0 bridgehead atoms. The summed E-state index contributed by atoms with van der Waals surface area (Å²) in [4.78, 5) is 0. The molecule has 0 fully saturated rings. The highest BCUT2D eigenvalue weighted by atomic mass is 19.1. The van der Waals surface area contributed by atoms with Gasteiger partial charge in [0.1, 0.15) is 11.6 Å². The van der Waals surface area contributed by atoms with Crippen LogP contribution in [-0.2, 0) is 12.0 Å². The first-order valence-corrected chi connectivity index (χ1v) is 6.18. The molecule has 3 heteroatoms. The molecule has 0 saturated carbocycles. The van der Waals surface area contributed by atoms with Crippen LogP contribution in [0.25, 0.3) is 0 Å². The van der Waals surface area contributed by atoms with Gasteiger partial charge >= 0.3 is 0 Å². The lowest BCUT2D eigenvalue weighted by Gasteiger charge is -2.25. The third kappa shape index (κ3) is 3.38. The van der Waals surface area contributed by atoms with Crippen molar-refractivity contribution in [3.05, 3.63) is 70.8 Å². The normalized spacial score (nSPS) is 14.2. The molecule has 0 aliphatic heterocycles. The Balaban J connectivity index is 2.27. The van der Waals surface area contributed by atoms with Crippen molar-refractivity contribution in [1.29, 1.82) is 0 Å². The minimum absolute atomic E-state index is 0.380. The van der Waals surface area contributed by atoms with Crippen LogP contribution in [-0.4, -0.2) is 0 Å². The molecule has 100 valence electrons. The highest BCUT2D eigenvalue weighted by Gasteiger charge is 2.22. The largest absolute Gasteiger partial charge is 0.321 e. The van der Waals surface area contributed by atoms with Crippen LogP contribution in [0.5, 0.6) is 0 Å². The molecule has 0 heterocycles. The molecule has 1 nitrogen and oxygen atoms in total. The fourth-order valence-corrected chi connectivity index (χ4v) is 2.17. The summed E-state index contributed by atoms with van der Waals surface area (Å²) in [5, 5.41) is 0. The van der Waals surface area contributed by atoms with E-state index < -0.39 is 17.2 Å². The summed E-state index contributed by atoms with van der Waals surface area (Å²) in [7, 11) is 0. The molecule has 0 aliphatic rings. The van der Waals surface area contributed by atoms with E-state index in [4.69, 9.17) is 5.73 Å². The van der Waals surface area contributed by atoms with Gasteiger partial charge in [-0.05, 0) is 43.5 Å². The zero-order chi connectivity index (χ0) is 14.0. The Hall–Kier alpha value is -1.74. The Morgan fingerprint density at radius 1 is 1.00 bits per heavy atom. The number of halogens is 2. The van der Waals surface area contributed by atoms with Gasteiger partial charge in [-0.15, -0.1) is 0 Å². The summed E-state index contributed by atoms with van der Waals surface area (Å²) in [6.07, 6.45) is 0.380. The van der Waals surface area contributed by atoms with E-state index in [0.29, 0.717) is 12.0 Å². The fourth-order valence-electron chi connectivity index (χ4n) is 2.17. The quantitative estimate of drug-likeness (QED) is 0.896. The lowest BCUT2D eigenvalue weighted by Crippen LogP contribution is -2.35. The molecule has 2 N–H and O–H groups in total. The summed E-state index contributed by atoms with van der Waals surface area (Å²) in [5.74, 6) is -1.15. The number of aryl methyl sites for hydroxylation is 1. The van der Waals surface area contributed by atoms with Gasteiger partial charge in [-0.1, -0.05) is 29.8 Å². The molecule has 0 spiro atoms. The van der Waals surface area contributed by atoms with Crippen LogP contribution in [0.2, 0.25) is 0 Å². The number of hydrogen-bond acceptors (Lipinski definition) is 1. The molecule has 2 aromatic carbocycles. The van der Waals surface area contributed by atoms with Gasteiger partial charge in [-0.2, -0.15) is 0 Å². The van der Waals surface area contributed by atoms with E-state index in [9.17, 15) is 8.78 Å². The maximum Gasteiger partial charge on any atom is 0.126 e. The van der Waals surface area contributed by atoms with E-state index in [1.807, 2.05) is 38.1 Å².